The van der Waals surface area contributed by atoms with E-state index in [4.69, 9.17) is 0 Å². The summed E-state index contributed by atoms with van der Waals surface area (Å²) in [6.07, 6.45) is 1.29. The van der Waals surface area contributed by atoms with Gasteiger partial charge in [0, 0.05) is 30.3 Å². The van der Waals surface area contributed by atoms with Crippen LogP contribution in [0.1, 0.15) is 30.9 Å². The molecule has 2 aromatic carbocycles. The molecule has 0 spiro atoms. The lowest BCUT2D eigenvalue weighted by Gasteiger charge is -2.27. The third-order valence-corrected chi connectivity index (χ3v) is 7.03. The summed E-state index contributed by atoms with van der Waals surface area (Å²) in [5.74, 6) is -2.00. The molecular formula is C26H31N3O5S. The molecule has 0 saturated carbocycles. The summed E-state index contributed by atoms with van der Waals surface area (Å²) in [4.78, 5) is 51.6. The first-order chi connectivity index (χ1) is 16.8. The highest BCUT2D eigenvalue weighted by molar-refractivity contribution is 8.13. The highest BCUT2D eigenvalue weighted by Crippen LogP contribution is 2.23. The number of nitrogens with one attached hydrogen (secondary N) is 2. The first kappa shape index (κ1) is 26.3. The van der Waals surface area contributed by atoms with E-state index in [-0.39, 0.29) is 23.3 Å². The number of nitrogens with zero attached hydrogens (tertiary/aromatic N) is 1. The SMILES string of the molecule is Cc1ccccc1NC(=O)SCC(C)C(=O)N1CCC[C@H]1C(=O)N[C@@H](Cc1ccccc1)C(=O)O. The number of amides is 3. The number of likely N-dealkylation sites (tertiary alicyclic amines) is 1. The Bertz CT molecular complexity index is 1060. The van der Waals surface area contributed by atoms with Crippen molar-refractivity contribution in [3.63, 3.8) is 0 Å². The van der Waals surface area contributed by atoms with Gasteiger partial charge in [-0.3, -0.25) is 14.4 Å². The summed E-state index contributed by atoms with van der Waals surface area (Å²) in [6.45, 7) is 4.07. The maximum atomic E-state index is 13.1. The maximum absolute atomic E-state index is 13.1. The summed E-state index contributed by atoms with van der Waals surface area (Å²) in [7, 11) is 0. The second kappa shape index (κ2) is 12.4. The number of benzene rings is 2. The number of hydrogen-bond acceptors (Lipinski definition) is 5. The van der Waals surface area contributed by atoms with Gasteiger partial charge < -0.3 is 20.6 Å². The Kier molecular flexibility index (Phi) is 9.31. The van der Waals surface area contributed by atoms with Crippen LogP contribution < -0.4 is 10.6 Å². The smallest absolute Gasteiger partial charge is 0.326 e. The minimum absolute atomic E-state index is 0.158. The van der Waals surface area contributed by atoms with Crippen LogP contribution in [0.5, 0.6) is 0 Å². The van der Waals surface area contributed by atoms with Crippen molar-refractivity contribution < 1.29 is 24.3 Å². The first-order valence-electron chi connectivity index (χ1n) is 11.6. The number of carboxylic acid groups (broad SMARTS) is 1. The van der Waals surface area contributed by atoms with Crippen molar-refractivity contribution in [3.8, 4) is 0 Å². The van der Waals surface area contributed by atoms with Crippen molar-refractivity contribution in [2.45, 2.75) is 45.2 Å². The van der Waals surface area contributed by atoms with Crippen LogP contribution in [0.2, 0.25) is 0 Å². The zero-order valence-electron chi connectivity index (χ0n) is 19.9. The van der Waals surface area contributed by atoms with E-state index < -0.39 is 29.9 Å². The van der Waals surface area contributed by atoms with Crippen LogP contribution in [-0.4, -0.2) is 57.4 Å². The lowest BCUT2D eigenvalue weighted by Crippen LogP contribution is -2.52. The van der Waals surface area contributed by atoms with E-state index in [1.54, 1.807) is 6.92 Å². The monoisotopic (exact) mass is 497 g/mol. The van der Waals surface area contributed by atoms with Crippen molar-refractivity contribution in [2.75, 3.05) is 17.6 Å². The van der Waals surface area contributed by atoms with Gasteiger partial charge in [-0.15, -0.1) is 0 Å². The van der Waals surface area contributed by atoms with E-state index in [0.717, 1.165) is 28.6 Å². The molecule has 9 heteroatoms. The number of anilines is 1. The van der Waals surface area contributed by atoms with Crippen molar-refractivity contribution in [2.24, 2.45) is 5.92 Å². The van der Waals surface area contributed by atoms with Gasteiger partial charge >= 0.3 is 5.97 Å². The van der Waals surface area contributed by atoms with Gasteiger partial charge in [0.2, 0.25) is 11.8 Å². The highest BCUT2D eigenvalue weighted by atomic mass is 32.2. The van der Waals surface area contributed by atoms with Crippen molar-refractivity contribution >= 4 is 40.5 Å². The highest BCUT2D eigenvalue weighted by Gasteiger charge is 2.37. The molecule has 8 nitrogen and oxygen atoms in total. The molecule has 1 aliphatic heterocycles. The molecule has 1 fully saturated rings. The number of aliphatic carboxylic acids is 1. The summed E-state index contributed by atoms with van der Waals surface area (Å²) in [5.41, 5.74) is 2.47. The van der Waals surface area contributed by atoms with E-state index in [2.05, 4.69) is 10.6 Å². The second-order valence-electron chi connectivity index (χ2n) is 8.72. The molecule has 186 valence electrons. The van der Waals surface area contributed by atoms with Gasteiger partial charge in [0.1, 0.15) is 12.1 Å². The molecule has 2 aromatic rings. The molecule has 1 heterocycles. The molecule has 3 rings (SSSR count). The standard InChI is InChI=1S/C26H31N3O5S/c1-17-9-6-7-12-20(17)28-26(34)35-16-18(2)24(31)29-14-8-13-22(29)23(30)27-21(25(32)33)15-19-10-4-3-5-11-19/h3-7,9-12,18,21-22H,8,13-16H2,1-2H3,(H,27,30)(H,28,34)(H,32,33)/t18?,21-,22-/m0/s1. The molecule has 1 unspecified atom stereocenters. The van der Waals surface area contributed by atoms with Gasteiger partial charge in [-0.25, -0.2) is 4.79 Å². The lowest BCUT2D eigenvalue weighted by atomic mass is 10.1. The van der Waals surface area contributed by atoms with Crippen LogP contribution in [0, 0.1) is 12.8 Å². The minimum atomic E-state index is -1.12. The fourth-order valence-corrected chi connectivity index (χ4v) is 4.76. The van der Waals surface area contributed by atoms with E-state index in [1.165, 1.54) is 4.90 Å². The Labute approximate surface area is 209 Å². The lowest BCUT2D eigenvalue weighted by molar-refractivity contribution is -0.144. The van der Waals surface area contributed by atoms with Crippen molar-refractivity contribution in [1.82, 2.24) is 10.2 Å². The molecule has 3 N–H and O–H groups in total. The average Bonchev–Trinajstić information content (AvgIpc) is 3.34. The third kappa shape index (κ3) is 7.32. The van der Waals surface area contributed by atoms with Gasteiger partial charge in [0.15, 0.2) is 0 Å². The molecule has 0 bridgehead atoms. The zero-order valence-corrected chi connectivity index (χ0v) is 20.7. The van der Waals surface area contributed by atoms with Crippen molar-refractivity contribution in [1.29, 1.82) is 0 Å². The molecule has 0 aliphatic carbocycles. The number of carbonyl (C=O) groups is 4. The van der Waals surface area contributed by atoms with Gasteiger partial charge in [-0.1, -0.05) is 67.2 Å². The van der Waals surface area contributed by atoms with E-state index >= 15 is 0 Å². The van der Waals surface area contributed by atoms with Gasteiger partial charge in [0.05, 0.1) is 0 Å². The topological polar surface area (TPSA) is 116 Å². The number of thioether (sulfide) groups is 1. The van der Waals surface area contributed by atoms with Crippen molar-refractivity contribution in [3.05, 3.63) is 65.7 Å². The Morgan fingerprint density at radius 1 is 1.09 bits per heavy atom. The number of carbonyl (C=O) groups excluding carboxylic acids is 3. The van der Waals surface area contributed by atoms with Crippen LogP contribution in [-0.2, 0) is 20.8 Å². The average molecular weight is 498 g/mol. The number of carboxylic acids is 1. The van der Waals surface area contributed by atoms with E-state index in [0.29, 0.717) is 19.4 Å². The van der Waals surface area contributed by atoms with Crippen LogP contribution in [0.3, 0.4) is 0 Å². The largest absolute Gasteiger partial charge is 0.480 e. The fraction of sp³-hybridized carbons (Fsp3) is 0.385. The van der Waals surface area contributed by atoms with Gasteiger partial charge in [-0.2, -0.15) is 0 Å². The molecule has 3 amide bonds. The number of para-hydroxylation sites is 1. The molecule has 0 aromatic heterocycles. The molecule has 3 atom stereocenters. The van der Waals surface area contributed by atoms with Crippen LogP contribution in [0.15, 0.2) is 54.6 Å². The molecule has 1 aliphatic rings. The Hall–Kier alpha value is -3.33. The van der Waals surface area contributed by atoms with Crippen LogP contribution in [0.25, 0.3) is 0 Å². The minimum Gasteiger partial charge on any atom is -0.480 e. The summed E-state index contributed by atoms with van der Waals surface area (Å²) in [5, 5.41) is 14.8. The van der Waals surface area contributed by atoms with E-state index in [9.17, 15) is 24.3 Å². The maximum Gasteiger partial charge on any atom is 0.326 e. The number of rotatable bonds is 9. The van der Waals surface area contributed by atoms with Gasteiger partial charge in [-0.05, 0) is 37.0 Å². The van der Waals surface area contributed by atoms with Gasteiger partial charge in [0.25, 0.3) is 5.24 Å². The first-order valence-corrected chi connectivity index (χ1v) is 12.6. The molecular weight excluding hydrogens is 466 g/mol. The summed E-state index contributed by atoms with van der Waals surface area (Å²) >= 11 is 1.02. The molecule has 35 heavy (non-hydrogen) atoms. The Morgan fingerprint density at radius 2 is 1.77 bits per heavy atom. The normalized spacial score (nSPS) is 16.9. The number of hydrogen-bond donors (Lipinski definition) is 3. The zero-order chi connectivity index (χ0) is 25.4. The number of aryl methyl sites for hydroxylation is 1. The van der Waals surface area contributed by atoms with Crippen LogP contribution >= 0.6 is 11.8 Å². The second-order valence-corrected chi connectivity index (χ2v) is 9.71. The quantitative estimate of drug-likeness (QED) is 0.487. The Morgan fingerprint density at radius 3 is 2.46 bits per heavy atom. The summed E-state index contributed by atoms with van der Waals surface area (Å²) < 4.78 is 0. The third-order valence-electron chi connectivity index (χ3n) is 6.00. The fourth-order valence-electron chi connectivity index (χ4n) is 4.04. The Balaban J connectivity index is 1.54. The molecule has 0 radical (unpaired) electrons. The predicted molar refractivity (Wildman–Crippen MR) is 136 cm³/mol. The van der Waals surface area contributed by atoms with E-state index in [1.807, 2.05) is 61.5 Å². The summed E-state index contributed by atoms with van der Waals surface area (Å²) in [6, 6.07) is 14.7. The molecule has 1 saturated heterocycles. The predicted octanol–water partition coefficient (Wildman–Crippen LogP) is 3.70. The van der Waals surface area contributed by atoms with Crippen LogP contribution in [0.4, 0.5) is 10.5 Å².